The average molecular weight is 469 g/mol. The Morgan fingerprint density at radius 2 is 2.00 bits per heavy atom. The normalized spacial score (nSPS) is 23.4. The molecule has 166 valence electrons. The molecule has 0 N–H and O–H groups in total. The maximum absolute atomic E-state index is 12.9. The average Bonchev–Trinajstić information content (AvgIpc) is 3.41. The highest BCUT2D eigenvalue weighted by atomic mass is 35.5. The van der Waals surface area contributed by atoms with Gasteiger partial charge >= 0.3 is 0 Å². The summed E-state index contributed by atoms with van der Waals surface area (Å²) in [5.41, 5.74) is 1.05. The van der Waals surface area contributed by atoms with E-state index < -0.39 is 0 Å². The zero-order valence-corrected chi connectivity index (χ0v) is 19.5. The number of likely N-dealkylation sites (tertiary alicyclic amines) is 1. The Bertz CT molecular complexity index is 1170. The van der Waals surface area contributed by atoms with E-state index in [0.29, 0.717) is 25.4 Å². The third-order valence-corrected chi connectivity index (χ3v) is 8.65. The first-order valence-corrected chi connectivity index (χ1v) is 12.4. The van der Waals surface area contributed by atoms with Crippen LogP contribution in [0.5, 0.6) is 0 Å². The zero-order chi connectivity index (χ0) is 22.3. The largest absolute Gasteiger partial charge is 0.459 e. The van der Waals surface area contributed by atoms with Crippen LogP contribution < -0.4 is 0 Å². The van der Waals surface area contributed by atoms with Crippen molar-refractivity contribution in [3.05, 3.63) is 60.4 Å². The molecule has 1 aromatic heterocycles. The number of thioether (sulfide) groups is 1. The molecule has 2 aliphatic rings. The van der Waals surface area contributed by atoms with Gasteiger partial charge in [-0.1, -0.05) is 49.4 Å². The summed E-state index contributed by atoms with van der Waals surface area (Å²) in [5.74, 6) is 2.27. The molecule has 5 nitrogen and oxygen atoms in total. The second kappa shape index (κ2) is 8.49. The summed E-state index contributed by atoms with van der Waals surface area (Å²) >= 11 is 7.46. The summed E-state index contributed by atoms with van der Waals surface area (Å²) < 4.78 is 6.25. The van der Waals surface area contributed by atoms with Crippen molar-refractivity contribution in [3.63, 3.8) is 0 Å². The van der Waals surface area contributed by atoms with Gasteiger partial charge in [0.05, 0.1) is 17.2 Å². The van der Waals surface area contributed by atoms with Gasteiger partial charge in [-0.2, -0.15) is 0 Å². The molecule has 7 heteroatoms. The number of nitrogens with zero attached hydrogens (tertiary/aromatic N) is 2. The molecular weight excluding hydrogens is 444 g/mol. The van der Waals surface area contributed by atoms with Crippen molar-refractivity contribution in [2.45, 2.75) is 24.8 Å². The van der Waals surface area contributed by atoms with Crippen LogP contribution in [0.15, 0.2) is 59.0 Å². The van der Waals surface area contributed by atoms with Crippen molar-refractivity contribution in [2.24, 2.45) is 5.92 Å². The zero-order valence-electron chi connectivity index (χ0n) is 17.9. The SMILES string of the molecule is CC1CN(C(=O)CCl)CCC12SCC(=O)N2Cc1ccc(-c2cccc3ccccc23)o1. The topological polar surface area (TPSA) is 53.8 Å². The summed E-state index contributed by atoms with van der Waals surface area (Å²) in [6.45, 7) is 3.79. The van der Waals surface area contributed by atoms with E-state index in [1.165, 1.54) is 5.39 Å². The lowest BCUT2D eigenvalue weighted by atomic mass is 9.91. The van der Waals surface area contributed by atoms with Gasteiger partial charge in [0.2, 0.25) is 11.8 Å². The van der Waals surface area contributed by atoms with Crippen LogP contribution in [-0.2, 0) is 16.1 Å². The Labute approximate surface area is 196 Å². The molecule has 1 spiro atoms. The number of carbonyl (C=O) groups excluding carboxylic acids is 2. The molecule has 5 rings (SSSR count). The fourth-order valence-electron chi connectivity index (χ4n) is 5.01. The van der Waals surface area contributed by atoms with Gasteiger partial charge in [0.25, 0.3) is 0 Å². The Hall–Kier alpha value is -2.44. The van der Waals surface area contributed by atoms with Crippen molar-refractivity contribution in [1.29, 1.82) is 0 Å². The first-order chi connectivity index (χ1) is 15.5. The second-order valence-corrected chi connectivity index (χ2v) is 10.1. The summed E-state index contributed by atoms with van der Waals surface area (Å²) in [5, 5.41) is 2.31. The number of rotatable bonds is 4. The number of hydrogen-bond acceptors (Lipinski definition) is 4. The van der Waals surface area contributed by atoms with Gasteiger partial charge in [0.15, 0.2) is 0 Å². The molecule has 32 heavy (non-hydrogen) atoms. The van der Waals surface area contributed by atoms with Gasteiger partial charge in [0.1, 0.15) is 17.4 Å². The lowest BCUT2D eigenvalue weighted by Gasteiger charge is -2.48. The quantitative estimate of drug-likeness (QED) is 0.507. The third kappa shape index (κ3) is 3.59. The molecule has 3 aromatic rings. The monoisotopic (exact) mass is 468 g/mol. The van der Waals surface area contributed by atoms with Gasteiger partial charge in [-0.15, -0.1) is 23.4 Å². The lowest BCUT2D eigenvalue weighted by Crippen LogP contribution is -2.57. The number of alkyl halides is 1. The van der Waals surface area contributed by atoms with E-state index in [0.717, 1.165) is 28.9 Å². The van der Waals surface area contributed by atoms with Crippen LogP contribution in [0.2, 0.25) is 0 Å². The Balaban J connectivity index is 1.40. The van der Waals surface area contributed by atoms with Gasteiger partial charge in [-0.05, 0) is 29.3 Å². The predicted octanol–water partition coefficient (Wildman–Crippen LogP) is 4.98. The first-order valence-electron chi connectivity index (χ1n) is 10.9. The van der Waals surface area contributed by atoms with E-state index >= 15 is 0 Å². The molecule has 0 aliphatic carbocycles. The van der Waals surface area contributed by atoms with Gasteiger partial charge in [-0.3, -0.25) is 9.59 Å². The first kappa shape index (κ1) is 21.4. The Morgan fingerprint density at radius 3 is 2.81 bits per heavy atom. The molecule has 2 aromatic carbocycles. The number of carbonyl (C=O) groups is 2. The van der Waals surface area contributed by atoms with E-state index in [1.54, 1.807) is 11.8 Å². The molecule has 0 bridgehead atoms. The van der Waals surface area contributed by atoms with Crippen LogP contribution in [0.25, 0.3) is 22.1 Å². The Kier molecular flexibility index (Phi) is 5.68. The lowest BCUT2D eigenvalue weighted by molar-refractivity contribution is -0.137. The number of benzene rings is 2. The Morgan fingerprint density at radius 1 is 1.19 bits per heavy atom. The summed E-state index contributed by atoms with van der Waals surface area (Å²) in [6, 6.07) is 18.4. The van der Waals surface area contributed by atoms with Crippen LogP contribution in [-0.4, -0.2) is 51.2 Å². The minimum atomic E-state index is -0.313. The van der Waals surface area contributed by atoms with Crippen molar-refractivity contribution >= 4 is 45.9 Å². The van der Waals surface area contributed by atoms with Crippen LogP contribution in [0.3, 0.4) is 0 Å². The van der Waals surface area contributed by atoms with Gasteiger partial charge in [-0.25, -0.2) is 0 Å². The minimum Gasteiger partial charge on any atom is -0.459 e. The van der Waals surface area contributed by atoms with E-state index in [-0.39, 0.29) is 28.5 Å². The van der Waals surface area contributed by atoms with E-state index in [4.69, 9.17) is 16.0 Å². The van der Waals surface area contributed by atoms with Crippen LogP contribution in [0.4, 0.5) is 0 Å². The highest BCUT2D eigenvalue weighted by molar-refractivity contribution is 8.01. The van der Waals surface area contributed by atoms with E-state index in [2.05, 4.69) is 31.2 Å². The molecule has 3 heterocycles. The van der Waals surface area contributed by atoms with Crippen molar-refractivity contribution < 1.29 is 14.0 Å². The molecule has 2 unspecified atom stereocenters. The molecule has 2 atom stereocenters. The smallest absolute Gasteiger partial charge is 0.237 e. The number of amides is 2. The second-order valence-electron chi connectivity index (χ2n) is 8.53. The van der Waals surface area contributed by atoms with Gasteiger partial charge in [0, 0.05) is 24.6 Å². The molecule has 2 aliphatic heterocycles. The summed E-state index contributed by atoms with van der Waals surface area (Å²) in [6.07, 6.45) is 0.740. The third-order valence-electron chi connectivity index (χ3n) is 6.71. The van der Waals surface area contributed by atoms with Crippen LogP contribution in [0, 0.1) is 5.92 Å². The highest BCUT2D eigenvalue weighted by Gasteiger charge is 2.52. The molecule has 2 fully saturated rings. The van der Waals surface area contributed by atoms with Crippen molar-refractivity contribution in [2.75, 3.05) is 24.7 Å². The maximum Gasteiger partial charge on any atom is 0.237 e. The van der Waals surface area contributed by atoms with E-state index in [1.807, 2.05) is 40.1 Å². The number of fused-ring (bicyclic) bond motifs is 1. The summed E-state index contributed by atoms with van der Waals surface area (Å²) in [4.78, 5) is 28.4. The molecular formula is C25H25ClN2O3S. The maximum atomic E-state index is 12.9. The molecule has 0 saturated carbocycles. The molecule has 0 radical (unpaired) electrons. The van der Waals surface area contributed by atoms with Crippen molar-refractivity contribution in [1.82, 2.24) is 9.80 Å². The van der Waals surface area contributed by atoms with Crippen LogP contribution in [0.1, 0.15) is 19.1 Å². The standard InChI is InChI=1S/C25H25ClN2O3S/c1-17-14-27(23(29)13-26)12-11-25(17)28(24(30)16-32-25)15-19-9-10-22(31-19)21-8-4-6-18-5-2-3-7-20(18)21/h2-10,17H,11-16H2,1H3. The van der Waals surface area contributed by atoms with Crippen molar-refractivity contribution in [3.8, 4) is 11.3 Å². The summed E-state index contributed by atoms with van der Waals surface area (Å²) in [7, 11) is 0. The minimum absolute atomic E-state index is 0.00114. The fourth-order valence-corrected chi connectivity index (χ4v) is 6.63. The van der Waals surface area contributed by atoms with Crippen LogP contribution >= 0.6 is 23.4 Å². The molecule has 2 amide bonds. The number of hydrogen-bond donors (Lipinski definition) is 0. The number of piperidine rings is 1. The number of furan rings is 1. The molecule has 2 saturated heterocycles. The predicted molar refractivity (Wildman–Crippen MR) is 128 cm³/mol. The number of halogens is 1. The van der Waals surface area contributed by atoms with Gasteiger partial charge < -0.3 is 14.2 Å². The highest BCUT2D eigenvalue weighted by Crippen LogP contribution is 2.48. The van der Waals surface area contributed by atoms with E-state index in [9.17, 15) is 9.59 Å². The fraction of sp³-hybridized carbons (Fsp3) is 0.360.